The van der Waals surface area contributed by atoms with Crippen LogP contribution >= 0.6 is 35.3 Å². The highest BCUT2D eigenvalue weighted by Crippen LogP contribution is 2.13. The summed E-state index contributed by atoms with van der Waals surface area (Å²) < 4.78 is 0. The first-order chi connectivity index (χ1) is 10.9. The molecule has 7 heteroatoms. The number of hydrogen-bond donors (Lipinski definition) is 2. The van der Waals surface area contributed by atoms with Gasteiger partial charge in [-0.1, -0.05) is 25.1 Å². The van der Waals surface area contributed by atoms with Crippen LogP contribution in [0.1, 0.15) is 18.7 Å². The van der Waals surface area contributed by atoms with E-state index in [1.54, 1.807) is 30.3 Å². The number of likely N-dealkylation sites (N-methyl/N-ethyl adjacent to an activating group) is 1. The molecule has 0 aliphatic rings. The Hall–Kier alpha value is -1.09. The molecular formula is C17H29IN4OS. The third-order valence-electron chi connectivity index (χ3n) is 3.18. The van der Waals surface area contributed by atoms with Crippen LogP contribution in [0, 0.1) is 5.92 Å². The first-order valence-corrected chi connectivity index (χ1v) is 8.65. The van der Waals surface area contributed by atoms with Crippen molar-refractivity contribution in [3.63, 3.8) is 0 Å². The van der Waals surface area contributed by atoms with Gasteiger partial charge in [0.25, 0.3) is 0 Å². The Labute approximate surface area is 166 Å². The third kappa shape index (κ3) is 9.92. The van der Waals surface area contributed by atoms with E-state index in [4.69, 9.17) is 0 Å². The molecule has 0 fully saturated rings. The van der Waals surface area contributed by atoms with Gasteiger partial charge in [0, 0.05) is 32.1 Å². The molecular weight excluding hydrogens is 435 g/mol. The average molecular weight is 464 g/mol. The van der Waals surface area contributed by atoms with Crippen LogP contribution in [0.5, 0.6) is 0 Å². The van der Waals surface area contributed by atoms with Crippen molar-refractivity contribution in [2.24, 2.45) is 10.9 Å². The van der Waals surface area contributed by atoms with Gasteiger partial charge in [0.15, 0.2) is 5.96 Å². The van der Waals surface area contributed by atoms with E-state index in [2.05, 4.69) is 46.6 Å². The van der Waals surface area contributed by atoms with Crippen molar-refractivity contribution in [2.45, 2.75) is 20.3 Å². The number of nitrogens with one attached hydrogen (secondary N) is 2. The van der Waals surface area contributed by atoms with Gasteiger partial charge in [-0.15, -0.1) is 35.3 Å². The zero-order chi connectivity index (χ0) is 17.2. The summed E-state index contributed by atoms with van der Waals surface area (Å²) in [6, 6.07) is 4.24. The van der Waals surface area contributed by atoms with E-state index in [0.717, 1.165) is 18.5 Å². The van der Waals surface area contributed by atoms with E-state index >= 15 is 0 Å². The lowest BCUT2D eigenvalue weighted by atomic mass is 10.1. The van der Waals surface area contributed by atoms with Gasteiger partial charge in [0.2, 0.25) is 5.91 Å². The van der Waals surface area contributed by atoms with Crippen molar-refractivity contribution < 1.29 is 4.79 Å². The zero-order valence-electron chi connectivity index (χ0n) is 15.0. The van der Waals surface area contributed by atoms with E-state index < -0.39 is 0 Å². The minimum atomic E-state index is -0.0203. The molecule has 1 rings (SSSR count). The quantitative estimate of drug-likeness (QED) is 0.269. The monoisotopic (exact) mass is 464 g/mol. The number of amides is 1. The van der Waals surface area contributed by atoms with Gasteiger partial charge in [-0.3, -0.25) is 4.79 Å². The molecule has 1 aromatic heterocycles. The minimum Gasteiger partial charge on any atom is -0.356 e. The molecule has 0 aliphatic heterocycles. The molecule has 1 atom stereocenters. The molecule has 1 unspecified atom stereocenters. The number of rotatable bonds is 8. The normalized spacial score (nSPS) is 12.1. The Bertz CT molecular complexity index is 529. The predicted molar refractivity (Wildman–Crippen MR) is 114 cm³/mol. The highest BCUT2D eigenvalue weighted by Gasteiger charge is 2.08. The number of aliphatic imine (C=N–C) groups is 1. The van der Waals surface area contributed by atoms with Crippen molar-refractivity contribution >= 4 is 47.2 Å². The van der Waals surface area contributed by atoms with E-state index in [1.165, 1.54) is 4.88 Å². The molecule has 0 bridgehead atoms. The number of guanidine groups is 1. The maximum absolute atomic E-state index is 11.7. The zero-order valence-corrected chi connectivity index (χ0v) is 18.1. The van der Waals surface area contributed by atoms with Gasteiger partial charge in [-0.25, -0.2) is 4.99 Å². The second-order valence-corrected chi connectivity index (χ2v) is 7.07. The summed E-state index contributed by atoms with van der Waals surface area (Å²) in [5.74, 6) is 1.12. The topological polar surface area (TPSA) is 56.7 Å². The molecule has 0 saturated heterocycles. The summed E-state index contributed by atoms with van der Waals surface area (Å²) in [4.78, 5) is 19.0. The largest absolute Gasteiger partial charge is 0.356 e. The number of halogens is 1. The van der Waals surface area contributed by atoms with Crippen LogP contribution in [0.4, 0.5) is 0 Å². The Morgan fingerprint density at radius 2 is 2.12 bits per heavy atom. The van der Waals surface area contributed by atoms with Crippen LogP contribution in [-0.2, 0) is 11.2 Å². The molecule has 0 aromatic carbocycles. The number of carbonyl (C=O) groups is 1. The molecule has 0 saturated carbocycles. The van der Waals surface area contributed by atoms with Crippen molar-refractivity contribution in [2.75, 3.05) is 33.7 Å². The highest BCUT2D eigenvalue weighted by molar-refractivity contribution is 14.0. The second-order valence-electron chi connectivity index (χ2n) is 6.03. The first kappa shape index (κ1) is 22.9. The molecule has 0 aliphatic carbocycles. The first-order valence-electron chi connectivity index (χ1n) is 7.77. The summed E-state index contributed by atoms with van der Waals surface area (Å²) >= 11 is 1.78. The van der Waals surface area contributed by atoms with Crippen LogP contribution in [0.15, 0.2) is 34.7 Å². The van der Waals surface area contributed by atoms with E-state index in [9.17, 15) is 4.79 Å². The Morgan fingerprint density at radius 1 is 1.42 bits per heavy atom. The van der Waals surface area contributed by atoms with Crippen LogP contribution in [0.25, 0.3) is 0 Å². The maximum Gasteiger partial charge on any atom is 0.243 e. The van der Waals surface area contributed by atoms with Crippen LogP contribution < -0.4 is 10.6 Å². The van der Waals surface area contributed by atoms with Gasteiger partial charge in [-0.2, -0.15) is 0 Å². The van der Waals surface area contributed by atoms with Gasteiger partial charge in [0.1, 0.15) is 6.54 Å². The summed E-state index contributed by atoms with van der Waals surface area (Å²) in [7, 11) is 3.46. The molecule has 2 N–H and O–H groups in total. The predicted octanol–water partition coefficient (Wildman–Crippen LogP) is 2.74. The fourth-order valence-electron chi connectivity index (χ4n) is 1.81. The van der Waals surface area contributed by atoms with Gasteiger partial charge in [-0.05, 0) is 30.7 Å². The molecule has 136 valence electrons. The number of thiophene rings is 1. The standard InChI is InChI=1S/C17H28N4OS.HI/c1-13(2)10-18-17(20-12-16(22)21(4)5)19-11-14(3)9-15-7-6-8-23-15;/h6-8,14H,1,9-12H2,2-5H3,(H2,18,19,20);1H. The maximum atomic E-state index is 11.7. The Morgan fingerprint density at radius 3 is 2.67 bits per heavy atom. The average Bonchev–Trinajstić information content (AvgIpc) is 2.98. The van der Waals surface area contributed by atoms with Crippen molar-refractivity contribution in [1.29, 1.82) is 0 Å². The molecule has 0 radical (unpaired) electrons. The van der Waals surface area contributed by atoms with E-state index in [0.29, 0.717) is 18.4 Å². The number of nitrogens with zero attached hydrogens (tertiary/aromatic N) is 2. The van der Waals surface area contributed by atoms with E-state index in [1.807, 2.05) is 6.92 Å². The molecule has 1 heterocycles. The lowest BCUT2D eigenvalue weighted by Crippen LogP contribution is -2.41. The number of carbonyl (C=O) groups excluding carboxylic acids is 1. The second kappa shape index (κ2) is 12.3. The SMILES string of the molecule is C=C(C)CNC(=NCC(=O)N(C)C)NCC(C)Cc1cccs1.I. The third-order valence-corrected chi connectivity index (χ3v) is 4.08. The van der Waals surface area contributed by atoms with Crippen molar-refractivity contribution in [1.82, 2.24) is 15.5 Å². The smallest absolute Gasteiger partial charge is 0.243 e. The van der Waals surface area contributed by atoms with Crippen molar-refractivity contribution in [3.05, 3.63) is 34.5 Å². The summed E-state index contributed by atoms with van der Waals surface area (Å²) in [5.41, 5.74) is 1.02. The number of hydrogen-bond acceptors (Lipinski definition) is 3. The lowest BCUT2D eigenvalue weighted by Gasteiger charge is -2.16. The Kier molecular flexibility index (Phi) is 11.7. The van der Waals surface area contributed by atoms with Gasteiger partial charge >= 0.3 is 0 Å². The summed E-state index contributed by atoms with van der Waals surface area (Å²) in [5, 5.41) is 8.61. The summed E-state index contributed by atoms with van der Waals surface area (Å²) in [6.07, 6.45) is 1.04. The van der Waals surface area contributed by atoms with E-state index in [-0.39, 0.29) is 36.4 Å². The molecule has 1 amide bonds. The van der Waals surface area contributed by atoms with Crippen molar-refractivity contribution in [3.8, 4) is 0 Å². The lowest BCUT2D eigenvalue weighted by molar-refractivity contribution is -0.127. The minimum absolute atomic E-state index is 0. The highest BCUT2D eigenvalue weighted by atomic mass is 127. The molecule has 24 heavy (non-hydrogen) atoms. The van der Waals surface area contributed by atoms with Crippen LogP contribution in [0.2, 0.25) is 0 Å². The Balaban J connectivity index is 0.00000529. The van der Waals surface area contributed by atoms with Gasteiger partial charge in [0.05, 0.1) is 0 Å². The fourth-order valence-corrected chi connectivity index (χ4v) is 2.68. The fraction of sp³-hybridized carbons (Fsp3) is 0.529. The van der Waals surface area contributed by atoms with Crippen LogP contribution in [-0.4, -0.2) is 50.5 Å². The molecule has 0 spiro atoms. The van der Waals surface area contributed by atoms with Gasteiger partial charge < -0.3 is 15.5 Å². The molecule has 1 aromatic rings. The van der Waals surface area contributed by atoms with Crippen LogP contribution in [0.3, 0.4) is 0 Å². The summed E-state index contributed by atoms with van der Waals surface area (Å²) in [6.45, 7) is 9.61. The molecule has 5 nitrogen and oxygen atoms in total.